The van der Waals surface area contributed by atoms with Gasteiger partial charge in [-0.25, -0.2) is 4.39 Å². The van der Waals surface area contributed by atoms with Crippen LogP contribution in [0.2, 0.25) is 0 Å². The van der Waals surface area contributed by atoms with E-state index in [4.69, 9.17) is 9.47 Å². The lowest BCUT2D eigenvalue weighted by Gasteiger charge is -2.51. The van der Waals surface area contributed by atoms with Crippen LogP contribution in [0.3, 0.4) is 0 Å². The summed E-state index contributed by atoms with van der Waals surface area (Å²) >= 11 is 0. The molecule has 3 aromatic rings. The van der Waals surface area contributed by atoms with E-state index in [9.17, 15) is 19.1 Å². The average molecular weight is 546 g/mol. The van der Waals surface area contributed by atoms with Gasteiger partial charge in [0.1, 0.15) is 23.7 Å². The molecule has 1 fully saturated rings. The van der Waals surface area contributed by atoms with Crippen molar-refractivity contribution in [3.05, 3.63) is 101 Å². The zero-order valence-corrected chi connectivity index (χ0v) is 23.2. The number of nitrogens with zero attached hydrogens (tertiary/aromatic N) is 1. The molecule has 7 heteroatoms. The van der Waals surface area contributed by atoms with E-state index in [1.807, 2.05) is 50.2 Å². The molecule has 0 radical (unpaired) electrons. The number of fused-ring (bicyclic) bond motifs is 3. The van der Waals surface area contributed by atoms with Crippen molar-refractivity contribution in [1.82, 2.24) is 4.90 Å². The minimum Gasteiger partial charge on any atom is -0.487 e. The van der Waals surface area contributed by atoms with Gasteiger partial charge in [0.15, 0.2) is 0 Å². The third kappa shape index (κ3) is 5.89. The summed E-state index contributed by atoms with van der Waals surface area (Å²) in [6, 6.07) is 21.8. The Hall–Kier alpha value is -3.71. The van der Waals surface area contributed by atoms with Gasteiger partial charge in [0.05, 0.1) is 18.1 Å². The van der Waals surface area contributed by atoms with Crippen molar-refractivity contribution < 1.29 is 28.6 Å². The minimum atomic E-state index is -1.07. The van der Waals surface area contributed by atoms with Gasteiger partial charge < -0.3 is 19.5 Å². The molecule has 40 heavy (non-hydrogen) atoms. The Morgan fingerprint density at radius 2 is 1.70 bits per heavy atom. The SMILES string of the molecule is CCc1ccc2c(c1)[C@@H]1O[C@H](Cc3ccc(F)cc3)[C@H](C(=O)N(CC(=O)O)Cc3ccccc3)C[C@H]1C(C)(C)O2. The number of hydrogen-bond donors (Lipinski definition) is 1. The van der Waals surface area contributed by atoms with Crippen LogP contribution >= 0.6 is 0 Å². The Labute approximate surface area is 234 Å². The lowest BCUT2D eigenvalue weighted by molar-refractivity contribution is -0.184. The lowest BCUT2D eigenvalue weighted by atomic mass is 9.70. The number of benzene rings is 3. The summed E-state index contributed by atoms with van der Waals surface area (Å²) in [6.07, 6.45) is 0.928. The number of amides is 1. The zero-order chi connectivity index (χ0) is 28.4. The maximum absolute atomic E-state index is 14.2. The first-order valence-corrected chi connectivity index (χ1v) is 13.9. The van der Waals surface area contributed by atoms with E-state index in [-0.39, 0.29) is 30.3 Å². The minimum absolute atomic E-state index is 0.131. The average Bonchev–Trinajstić information content (AvgIpc) is 2.93. The summed E-state index contributed by atoms with van der Waals surface area (Å²) in [5.74, 6) is -1.62. The van der Waals surface area contributed by atoms with Crippen molar-refractivity contribution >= 4 is 11.9 Å². The van der Waals surface area contributed by atoms with Gasteiger partial charge in [-0.05, 0) is 74.1 Å². The van der Waals surface area contributed by atoms with E-state index in [1.54, 1.807) is 12.1 Å². The van der Waals surface area contributed by atoms with E-state index in [0.717, 1.165) is 28.9 Å². The molecule has 2 aliphatic rings. The van der Waals surface area contributed by atoms with Crippen LogP contribution in [-0.2, 0) is 33.7 Å². The van der Waals surface area contributed by atoms with Gasteiger partial charge in [-0.3, -0.25) is 9.59 Å². The third-order valence-corrected chi connectivity index (χ3v) is 8.22. The van der Waals surface area contributed by atoms with Crippen molar-refractivity contribution in [2.24, 2.45) is 11.8 Å². The number of carbonyl (C=O) groups is 2. The Kier molecular flexibility index (Phi) is 7.95. The molecule has 0 spiro atoms. The van der Waals surface area contributed by atoms with Gasteiger partial charge >= 0.3 is 5.97 Å². The first kappa shape index (κ1) is 27.8. The Bertz CT molecular complexity index is 1360. The fourth-order valence-electron chi connectivity index (χ4n) is 6.07. The second-order valence-corrected chi connectivity index (χ2v) is 11.4. The highest BCUT2D eigenvalue weighted by molar-refractivity contribution is 5.83. The fourth-order valence-corrected chi connectivity index (χ4v) is 6.07. The fraction of sp³-hybridized carbons (Fsp3) is 0.394. The van der Waals surface area contributed by atoms with E-state index < -0.39 is 30.1 Å². The summed E-state index contributed by atoms with van der Waals surface area (Å²) in [4.78, 5) is 27.5. The highest BCUT2D eigenvalue weighted by atomic mass is 19.1. The van der Waals surface area contributed by atoms with Crippen LogP contribution in [0.5, 0.6) is 5.75 Å². The Morgan fingerprint density at radius 1 is 1.00 bits per heavy atom. The second-order valence-electron chi connectivity index (χ2n) is 11.4. The number of rotatable bonds is 8. The predicted molar refractivity (Wildman–Crippen MR) is 149 cm³/mol. The van der Waals surface area contributed by atoms with Crippen LogP contribution in [0.15, 0.2) is 72.8 Å². The van der Waals surface area contributed by atoms with E-state index in [1.165, 1.54) is 22.6 Å². The van der Waals surface area contributed by atoms with Crippen LogP contribution < -0.4 is 4.74 Å². The molecule has 1 N–H and O–H groups in total. The van der Waals surface area contributed by atoms with Crippen LogP contribution in [0, 0.1) is 17.7 Å². The van der Waals surface area contributed by atoms with E-state index in [2.05, 4.69) is 19.1 Å². The maximum Gasteiger partial charge on any atom is 0.323 e. The number of ether oxygens (including phenoxy) is 2. The number of carboxylic acid groups (broad SMARTS) is 1. The standard InChI is InChI=1S/C33H36FNO5/c1-4-21-12-15-28-25(16-21)31-27(33(2,3)40-28)18-26(29(39-31)17-22-10-13-24(34)14-11-22)32(38)35(20-30(36)37)19-23-8-6-5-7-9-23/h5-16,26-27,29,31H,4,17-20H2,1-3H3,(H,36,37)/t26-,27-,29-,31+/m1/s1. The largest absolute Gasteiger partial charge is 0.487 e. The summed E-state index contributed by atoms with van der Waals surface area (Å²) in [6.45, 7) is 5.91. The van der Waals surface area contributed by atoms with Crippen LogP contribution in [0.25, 0.3) is 0 Å². The van der Waals surface area contributed by atoms with Crippen LogP contribution in [-0.4, -0.2) is 40.1 Å². The quantitative estimate of drug-likeness (QED) is 0.377. The topological polar surface area (TPSA) is 76.1 Å². The van der Waals surface area contributed by atoms with Gasteiger partial charge in [-0.1, -0.05) is 55.5 Å². The van der Waals surface area contributed by atoms with Gasteiger partial charge in [-0.2, -0.15) is 0 Å². The lowest BCUT2D eigenvalue weighted by Crippen LogP contribution is -2.55. The third-order valence-electron chi connectivity index (χ3n) is 8.22. The molecule has 3 aromatic carbocycles. The number of hydrogen-bond acceptors (Lipinski definition) is 4. The molecule has 0 aromatic heterocycles. The number of aliphatic carboxylic acids is 1. The second kappa shape index (κ2) is 11.4. The van der Waals surface area contributed by atoms with Crippen LogP contribution in [0.1, 0.15) is 55.5 Å². The van der Waals surface area contributed by atoms with Crippen LogP contribution in [0.4, 0.5) is 4.39 Å². The van der Waals surface area contributed by atoms with Gasteiger partial charge in [0.2, 0.25) is 5.91 Å². The van der Waals surface area contributed by atoms with E-state index in [0.29, 0.717) is 12.8 Å². The van der Waals surface area contributed by atoms with Crippen molar-refractivity contribution in [1.29, 1.82) is 0 Å². The number of aryl methyl sites for hydroxylation is 1. The highest BCUT2D eigenvalue weighted by Crippen LogP contribution is 2.52. The monoisotopic (exact) mass is 545 g/mol. The molecule has 0 saturated carbocycles. The summed E-state index contributed by atoms with van der Waals surface area (Å²) in [5, 5.41) is 9.68. The summed E-state index contributed by atoms with van der Waals surface area (Å²) in [7, 11) is 0. The smallest absolute Gasteiger partial charge is 0.323 e. The van der Waals surface area contributed by atoms with E-state index >= 15 is 0 Å². The molecule has 210 valence electrons. The molecule has 5 rings (SSSR count). The first-order valence-electron chi connectivity index (χ1n) is 13.9. The van der Waals surface area contributed by atoms with Gasteiger partial charge in [0.25, 0.3) is 0 Å². The van der Waals surface area contributed by atoms with Crippen molar-refractivity contribution in [3.63, 3.8) is 0 Å². The number of carboxylic acids is 1. The summed E-state index contributed by atoms with van der Waals surface area (Å²) < 4.78 is 27.0. The molecule has 1 saturated heterocycles. The molecule has 0 unspecified atom stereocenters. The molecular formula is C33H36FNO5. The van der Waals surface area contributed by atoms with Crippen molar-refractivity contribution in [2.45, 2.75) is 64.4 Å². The zero-order valence-electron chi connectivity index (χ0n) is 23.2. The Morgan fingerprint density at radius 3 is 2.38 bits per heavy atom. The molecule has 0 bridgehead atoms. The van der Waals surface area contributed by atoms with Crippen molar-refractivity contribution in [2.75, 3.05) is 6.54 Å². The molecule has 2 aliphatic heterocycles. The normalized spacial score (nSPS) is 22.9. The molecule has 2 heterocycles. The molecule has 0 aliphatic carbocycles. The molecule has 4 atom stereocenters. The first-order chi connectivity index (χ1) is 19.1. The highest BCUT2D eigenvalue weighted by Gasteiger charge is 2.52. The summed E-state index contributed by atoms with van der Waals surface area (Å²) in [5.41, 5.74) is 3.24. The molecule has 1 amide bonds. The van der Waals surface area contributed by atoms with Crippen molar-refractivity contribution in [3.8, 4) is 5.75 Å². The number of carbonyl (C=O) groups excluding carboxylic acids is 1. The Balaban J connectivity index is 1.52. The molecular weight excluding hydrogens is 509 g/mol. The predicted octanol–water partition coefficient (Wildman–Crippen LogP) is 5.98. The maximum atomic E-state index is 14.2. The number of halogens is 1. The van der Waals surface area contributed by atoms with Gasteiger partial charge in [-0.15, -0.1) is 0 Å². The van der Waals surface area contributed by atoms with Gasteiger partial charge in [0, 0.05) is 18.0 Å². The molecule has 6 nitrogen and oxygen atoms in total.